The van der Waals surface area contributed by atoms with Gasteiger partial charge in [0.2, 0.25) is 11.0 Å². The number of hydrogen-bond donors (Lipinski definition) is 2. The van der Waals surface area contributed by atoms with E-state index in [0.29, 0.717) is 31.3 Å². The summed E-state index contributed by atoms with van der Waals surface area (Å²) < 4.78 is 0.665. The highest BCUT2D eigenvalue weighted by Crippen LogP contribution is 2.29. The molecule has 9 heteroatoms. The lowest BCUT2D eigenvalue weighted by atomic mass is 10.0. The Bertz CT molecular complexity index is 1340. The molecule has 6 nitrogen and oxygen atoms in total. The Labute approximate surface area is 210 Å². The van der Waals surface area contributed by atoms with E-state index in [2.05, 4.69) is 40.7 Å². The Hall–Kier alpha value is -3.20. The summed E-state index contributed by atoms with van der Waals surface area (Å²) in [5, 5.41) is 15.4. The molecule has 0 bridgehead atoms. The quantitative estimate of drug-likeness (QED) is 0.208. The minimum atomic E-state index is -0.256. The predicted molar refractivity (Wildman–Crippen MR) is 140 cm³/mol. The van der Waals surface area contributed by atoms with Crippen LogP contribution >= 0.6 is 34.7 Å². The molecule has 0 aliphatic rings. The minimum Gasteiger partial charge on any atom is -0.330 e. The topological polar surface area (TPSA) is 84.0 Å². The molecule has 0 saturated heterocycles. The van der Waals surface area contributed by atoms with Crippen LogP contribution in [0.5, 0.6) is 0 Å². The first kappa shape index (κ1) is 23.9. The zero-order valence-electron chi connectivity index (χ0n) is 18.5. The number of ketones is 1. The molecule has 0 aliphatic carbocycles. The van der Waals surface area contributed by atoms with E-state index in [4.69, 9.17) is 11.6 Å². The summed E-state index contributed by atoms with van der Waals surface area (Å²) in [7, 11) is 0. The second-order valence-electron chi connectivity index (χ2n) is 7.52. The number of carbonyl (C=O) groups excluding carboxylic acids is 2. The largest absolute Gasteiger partial charge is 0.330 e. The van der Waals surface area contributed by atoms with Crippen molar-refractivity contribution in [2.24, 2.45) is 0 Å². The molecular weight excluding hydrogens is 488 g/mol. The van der Waals surface area contributed by atoms with Crippen molar-refractivity contribution in [3.8, 4) is 0 Å². The molecule has 1 heterocycles. The number of rotatable bonds is 8. The number of halogens is 1. The number of amides is 1. The van der Waals surface area contributed by atoms with E-state index in [-0.39, 0.29) is 17.4 Å². The lowest BCUT2D eigenvalue weighted by Gasteiger charge is -2.11. The smallest absolute Gasteiger partial charge is 0.234 e. The highest BCUT2D eigenvalue weighted by atomic mass is 35.5. The Morgan fingerprint density at radius 3 is 2.53 bits per heavy atom. The van der Waals surface area contributed by atoms with Crippen LogP contribution in [0.3, 0.4) is 0 Å². The molecule has 1 amide bonds. The van der Waals surface area contributed by atoms with Crippen LogP contribution < -0.4 is 10.6 Å². The molecule has 0 unspecified atom stereocenters. The number of benzene rings is 3. The van der Waals surface area contributed by atoms with E-state index < -0.39 is 0 Å². The number of thioether (sulfide) groups is 1. The van der Waals surface area contributed by atoms with Crippen molar-refractivity contribution < 1.29 is 9.59 Å². The highest BCUT2D eigenvalue weighted by molar-refractivity contribution is 8.01. The normalized spacial score (nSPS) is 10.7. The molecule has 0 aliphatic heterocycles. The maximum absolute atomic E-state index is 12.9. The van der Waals surface area contributed by atoms with Gasteiger partial charge in [0, 0.05) is 21.8 Å². The van der Waals surface area contributed by atoms with Gasteiger partial charge in [-0.05, 0) is 55.3 Å². The van der Waals surface area contributed by atoms with E-state index in [1.807, 2.05) is 18.2 Å². The Morgan fingerprint density at radius 2 is 1.76 bits per heavy atom. The second kappa shape index (κ2) is 10.8. The van der Waals surface area contributed by atoms with Gasteiger partial charge in [0.1, 0.15) is 0 Å². The van der Waals surface area contributed by atoms with E-state index in [9.17, 15) is 9.59 Å². The third-order valence-electron chi connectivity index (χ3n) is 5.03. The average Bonchev–Trinajstić information content (AvgIpc) is 3.28. The predicted octanol–water partition coefficient (Wildman–Crippen LogP) is 6.51. The summed E-state index contributed by atoms with van der Waals surface area (Å²) in [6.45, 7) is 4.12. The zero-order chi connectivity index (χ0) is 24.1. The van der Waals surface area contributed by atoms with Crippen molar-refractivity contribution in [2.75, 3.05) is 16.4 Å². The van der Waals surface area contributed by atoms with Gasteiger partial charge in [0.15, 0.2) is 10.1 Å². The Morgan fingerprint density at radius 1 is 0.971 bits per heavy atom. The van der Waals surface area contributed by atoms with Crippen LogP contribution in [0.2, 0.25) is 5.02 Å². The van der Waals surface area contributed by atoms with Gasteiger partial charge in [-0.1, -0.05) is 71.1 Å². The van der Waals surface area contributed by atoms with Crippen LogP contribution in [0, 0.1) is 13.8 Å². The van der Waals surface area contributed by atoms with Crippen molar-refractivity contribution >= 4 is 62.9 Å². The standard InChI is InChI=1S/C25H21ClN4O2S2/c1-15-8-10-19(12-16(15)2)27-24-29-30-25(34-24)33-14-22(31)28-21-11-9-18(26)13-20(21)23(32)17-6-4-3-5-7-17/h3-13H,14H2,1-2H3,(H,27,29)(H,28,31). The number of nitrogens with zero attached hydrogens (tertiary/aromatic N) is 2. The van der Waals surface area contributed by atoms with Crippen LogP contribution in [0.4, 0.5) is 16.5 Å². The monoisotopic (exact) mass is 508 g/mol. The molecule has 0 radical (unpaired) electrons. The van der Waals surface area contributed by atoms with Crippen molar-refractivity contribution in [3.63, 3.8) is 0 Å². The maximum atomic E-state index is 12.9. The lowest BCUT2D eigenvalue weighted by Crippen LogP contribution is -2.17. The zero-order valence-corrected chi connectivity index (χ0v) is 20.9. The first-order chi connectivity index (χ1) is 16.4. The number of hydrogen-bond acceptors (Lipinski definition) is 7. The Balaban J connectivity index is 1.38. The first-order valence-electron chi connectivity index (χ1n) is 10.4. The van der Waals surface area contributed by atoms with Gasteiger partial charge in [-0.15, -0.1) is 10.2 Å². The molecular formula is C25H21ClN4O2S2. The van der Waals surface area contributed by atoms with Crippen LogP contribution in [0.15, 0.2) is 71.1 Å². The molecule has 4 rings (SSSR count). The SMILES string of the molecule is Cc1ccc(Nc2nnc(SCC(=O)Nc3ccc(Cl)cc3C(=O)c3ccccc3)s2)cc1C. The minimum absolute atomic E-state index is 0.125. The summed E-state index contributed by atoms with van der Waals surface area (Å²) in [6.07, 6.45) is 0. The average molecular weight is 509 g/mol. The van der Waals surface area contributed by atoms with Crippen LogP contribution in [0.1, 0.15) is 27.0 Å². The fourth-order valence-corrected chi connectivity index (χ4v) is 4.88. The summed E-state index contributed by atoms with van der Waals surface area (Å²) in [5.41, 5.74) is 4.62. The number of aromatic nitrogens is 2. The van der Waals surface area contributed by atoms with E-state index in [1.165, 1.54) is 34.2 Å². The molecule has 1 aromatic heterocycles. The third kappa shape index (κ3) is 6.02. The van der Waals surface area contributed by atoms with Gasteiger partial charge in [-0.25, -0.2) is 0 Å². The summed E-state index contributed by atoms with van der Waals surface area (Å²) in [4.78, 5) is 25.5. The van der Waals surface area contributed by atoms with Crippen LogP contribution in [-0.2, 0) is 4.79 Å². The van der Waals surface area contributed by atoms with Gasteiger partial charge in [0.05, 0.1) is 11.4 Å². The molecule has 0 spiro atoms. The molecule has 4 aromatic rings. The van der Waals surface area contributed by atoms with Gasteiger partial charge < -0.3 is 10.6 Å². The van der Waals surface area contributed by atoms with Crippen molar-refractivity contribution in [1.82, 2.24) is 10.2 Å². The maximum Gasteiger partial charge on any atom is 0.234 e. The first-order valence-corrected chi connectivity index (χ1v) is 12.6. The van der Waals surface area contributed by atoms with E-state index >= 15 is 0 Å². The van der Waals surface area contributed by atoms with Gasteiger partial charge in [-0.3, -0.25) is 9.59 Å². The van der Waals surface area contributed by atoms with Gasteiger partial charge >= 0.3 is 0 Å². The van der Waals surface area contributed by atoms with Crippen LogP contribution in [-0.4, -0.2) is 27.6 Å². The molecule has 0 fully saturated rings. The molecule has 0 atom stereocenters. The molecule has 2 N–H and O–H groups in total. The fourth-order valence-electron chi connectivity index (χ4n) is 3.13. The summed E-state index contributed by atoms with van der Waals surface area (Å²) >= 11 is 8.77. The van der Waals surface area contributed by atoms with E-state index in [0.717, 1.165) is 5.69 Å². The third-order valence-corrected chi connectivity index (χ3v) is 7.23. The molecule has 34 heavy (non-hydrogen) atoms. The molecule has 0 saturated carbocycles. The van der Waals surface area contributed by atoms with Crippen molar-refractivity contribution in [2.45, 2.75) is 18.2 Å². The van der Waals surface area contributed by atoms with Crippen molar-refractivity contribution in [3.05, 3.63) is 94.0 Å². The number of anilines is 3. The van der Waals surface area contributed by atoms with Gasteiger partial charge in [0.25, 0.3) is 0 Å². The van der Waals surface area contributed by atoms with Gasteiger partial charge in [-0.2, -0.15) is 0 Å². The molecule has 172 valence electrons. The molecule has 3 aromatic carbocycles. The lowest BCUT2D eigenvalue weighted by molar-refractivity contribution is -0.113. The Kier molecular flexibility index (Phi) is 7.62. The fraction of sp³-hybridized carbons (Fsp3) is 0.120. The summed E-state index contributed by atoms with van der Waals surface area (Å²) in [5.74, 6) is -0.342. The van der Waals surface area contributed by atoms with Crippen LogP contribution in [0.25, 0.3) is 0 Å². The second-order valence-corrected chi connectivity index (χ2v) is 10.2. The summed E-state index contributed by atoms with van der Waals surface area (Å²) in [6, 6.07) is 19.8. The van der Waals surface area contributed by atoms with E-state index in [1.54, 1.807) is 42.5 Å². The van der Waals surface area contributed by atoms with Crippen molar-refractivity contribution in [1.29, 1.82) is 0 Å². The number of carbonyl (C=O) groups is 2. The highest BCUT2D eigenvalue weighted by Gasteiger charge is 2.17. The number of aryl methyl sites for hydroxylation is 2. The number of nitrogens with one attached hydrogen (secondary N) is 2.